The van der Waals surface area contributed by atoms with E-state index in [0.717, 1.165) is 12.1 Å². The number of aromatic nitrogens is 2. The van der Waals surface area contributed by atoms with Crippen LogP contribution in [-0.4, -0.2) is 15.9 Å². The predicted molar refractivity (Wildman–Crippen MR) is 112 cm³/mol. The van der Waals surface area contributed by atoms with Crippen molar-refractivity contribution in [2.45, 2.75) is 12.6 Å². The van der Waals surface area contributed by atoms with Crippen LogP contribution in [0.1, 0.15) is 11.3 Å². The van der Waals surface area contributed by atoms with E-state index >= 15 is 0 Å². The van der Waals surface area contributed by atoms with Crippen molar-refractivity contribution >= 4 is 33.6 Å². The van der Waals surface area contributed by atoms with E-state index in [1.165, 1.54) is 40.9 Å². The maximum absolute atomic E-state index is 13.1. The summed E-state index contributed by atoms with van der Waals surface area (Å²) in [5, 5.41) is 5.33. The number of anilines is 1. The van der Waals surface area contributed by atoms with Gasteiger partial charge in [-0.05, 0) is 36.4 Å². The van der Waals surface area contributed by atoms with E-state index in [4.69, 9.17) is 0 Å². The van der Waals surface area contributed by atoms with Crippen LogP contribution in [0, 0.1) is 5.82 Å². The number of nitrogens with zero attached hydrogens (tertiary/aromatic N) is 2. The number of carbonyl (C=O) groups is 1. The van der Waals surface area contributed by atoms with E-state index in [9.17, 15) is 22.4 Å². The molecule has 0 aliphatic carbocycles. The molecule has 31 heavy (non-hydrogen) atoms. The summed E-state index contributed by atoms with van der Waals surface area (Å²) >= 11 is 2.40. The molecule has 0 unspecified atom stereocenters. The minimum atomic E-state index is -4.44. The highest BCUT2D eigenvalue weighted by Gasteiger charge is 2.30. The fourth-order valence-electron chi connectivity index (χ4n) is 2.83. The Labute approximate surface area is 182 Å². The zero-order valence-corrected chi connectivity index (χ0v) is 17.2. The molecule has 0 atom stereocenters. The predicted octanol–water partition coefficient (Wildman–Crippen LogP) is 6.27. The molecule has 0 bridgehead atoms. The highest BCUT2D eigenvalue weighted by atomic mass is 32.1. The Kier molecular flexibility index (Phi) is 5.84. The van der Waals surface area contributed by atoms with Gasteiger partial charge in [0.25, 0.3) is 0 Å². The van der Waals surface area contributed by atoms with Gasteiger partial charge in [-0.15, -0.1) is 22.7 Å². The number of benzene rings is 2. The second-order valence-corrected chi connectivity index (χ2v) is 8.20. The standard InChI is InChI=1S/C21H13F4N3OS2/c22-15-6-4-12(5-7-15)18-20(31-11-26-18)28-17(29)9-16-10-30-19(27-16)13-2-1-3-14(8-13)21(23,24)25/h1-8,10-11H,9H2,(H,28,29). The van der Waals surface area contributed by atoms with Crippen molar-refractivity contribution in [3.05, 3.63) is 76.5 Å². The molecule has 4 nitrogen and oxygen atoms in total. The normalized spacial score (nSPS) is 11.5. The van der Waals surface area contributed by atoms with Gasteiger partial charge in [0, 0.05) is 16.5 Å². The van der Waals surface area contributed by atoms with Crippen LogP contribution in [0.5, 0.6) is 0 Å². The molecule has 4 rings (SSSR count). The third kappa shape index (κ3) is 4.97. The third-order valence-corrected chi connectivity index (χ3v) is 5.95. The van der Waals surface area contributed by atoms with Crippen molar-refractivity contribution < 1.29 is 22.4 Å². The highest BCUT2D eigenvalue weighted by molar-refractivity contribution is 7.14. The number of rotatable bonds is 5. The maximum atomic E-state index is 13.1. The number of alkyl halides is 3. The molecule has 0 saturated carbocycles. The fraction of sp³-hybridized carbons (Fsp3) is 0.0952. The van der Waals surface area contributed by atoms with Crippen molar-refractivity contribution in [1.82, 2.24) is 9.97 Å². The Balaban J connectivity index is 1.46. The lowest BCUT2D eigenvalue weighted by atomic mass is 10.1. The van der Waals surface area contributed by atoms with Gasteiger partial charge in [0.15, 0.2) is 0 Å². The van der Waals surface area contributed by atoms with Crippen LogP contribution in [0.15, 0.2) is 59.4 Å². The smallest absolute Gasteiger partial charge is 0.316 e. The quantitative estimate of drug-likeness (QED) is 0.355. The number of halogens is 4. The first-order valence-electron chi connectivity index (χ1n) is 8.91. The van der Waals surface area contributed by atoms with Gasteiger partial charge in [0.05, 0.1) is 23.2 Å². The molecule has 0 spiro atoms. The summed E-state index contributed by atoms with van der Waals surface area (Å²) in [5.41, 5.74) is 2.80. The first-order valence-corrected chi connectivity index (χ1v) is 10.7. The molecule has 2 aromatic heterocycles. The average Bonchev–Trinajstić information content (AvgIpc) is 3.38. The number of carbonyl (C=O) groups excluding carboxylic acids is 1. The lowest BCUT2D eigenvalue weighted by molar-refractivity contribution is -0.137. The Morgan fingerprint density at radius 2 is 1.81 bits per heavy atom. The summed E-state index contributed by atoms with van der Waals surface area (Å²) in [6.07, 6.45) is -4.48. The first-order chi connectivity index (χ1) is 14.8. The summed E-state index contributed by atoms with van der Waals surface area (Å²) in [5.74, 6) is -0.710. The molecule has 0 aliphatic rings. The van der Waals surface area contributed by atoms with Crippen molar-refractivity contribution in [3.8, 4) is 21.8 Å². The maximum Gasteiger partial charge on any atom is 0.416 e. The zero-order valence-electron chi connectivity index (χ0n) is 15.6. The van der Waals surface area contributed by atoms with Crippen molar-refractivity contribution in [3.63, 3.8) is 0 Å². The Hall–Kier alpha value is -3.11. The monoisotopic (exact) mass is 463 g/mol. The van der Waals surface area contributed by atoms with Crippen LogP contribution in [0.25, 0.3) is 21.8 Å². The van der Waals surface area contributed by atoms with Gasteiger partial charge in [-0.1, -0.05) is 12.1 Å². The SMILES string of the molecule is O=C(Cc1csc(-c2cccc(C(F)(F)F)c2)n1)Nc1scnc1-c1ccc(F)cc1. The molecule has 1 N–H and O–H groups in total. The molecular weight excluding hydrogens is 450 g/mol. The molecule has 0 radical (unpaired) electrons. The number of hydrogen-bond donors (Lipinski definition) is 1. The molecule has 0 aliphatic heterocycles. The van der Waals surface area contributed by atoms with Gasteiger partial charge < -0.3 is 5.32 Å². The second-order valence-electron chi connectivity index (χ2n) is 6.48. The van der Waals surface area contributed by atoms with Gasteiger partial charge in [0.1, 0.15) is 21.5 Å². The Morgan fingerprint density at radius 3 is 2.55 bits per heavy atom. The lowest BCUT2D eigenvalue weighted by Gasteiger charge is -2.07. The fourth-order valence-corrected chi connectivity index (χ4v) is 4.37. The van der Waals surface area contributed by atoms with Gasteiger partial charge in [-0.3, -0.25) is 4.79 Å². The summed E-state index contributed by atoms with van der Waals surface area (Å²) in [7, 11) is 0. The number of amides is 1. The van der Waals surface area contributed by atoms with E-state index in [0.29, 0.717) is 32.5 Å². The van der Waals surface area contributed by atoms with E-state index < -0.39 is 11.7 Å². The third-order valence-electron chi connectivity index (χ3n) is 4.27. The van der Waals surface area contributed by atoms with Crippen molar-refractivity contribution in [1.29, 1.82) is 0 Å². The van der Waals surface area contributed by atoms with Crippen LogP contribution >= 0.6 is 22.7 Å². The van der Waals surface area contributed by atoms with Crippen molar-refractivity contribution in [2.75, 3.05) is 5.32 Å². The van der Waals surface area contributed by atoms with Gasteiger partial charge in [-0.25, -0.2) is 14.4 Å². The zero-order chi connectivity index (χ0) is 22.0. The lowest BCUT2D eigenvalue weighted by Crippen LogP contribution is -2.14. The van der Waals surface area contributed by atoms with E-state index in [1.807, 2.05) is 0 Å². The molecular formula is C21H13F4N3OS2. The van der Waals surface area contributed by atoms with Crippen LogP contribution in [0.3, 0.4) is 0 Å². The summed E-state index contributed by atoms with van der Waals surface area (Å²) < 4.78 is 51.9. The van der Waals surface area contributed by atoms with Gasteiger partial charge >= 0.3 is 6.18 Å². The van der Waals surface area contributed by atoms with Crippen LogP contribution in [0.4, 0.5) is 22.6 Å². The largest absolute Gasteiger partial charge is 0.416 e. The topological polar surface area (TPSA) is 54.9 Å². The van der Waals surface area contributed by atoms with E-state index in [1.54, 1.807) is 29.1 Å². The molecule has 158 valence electrons. The van der Waals surface area contributed by atoms with E-state index in [-0.39, 0.29) is 18.1 Å². The summed E-state index contributed by atoms with van der Waals surface area (Å²) in [6, 6.07) is 10.7. The molecule has 2 aromatic carbocycles. The van der Waals surface area contributed by atoms with Crippen molar-refractivity contribution in [2.24, 2.45) is 0 Å². The average molecular weight is 463 g/mol. The molecule has 1 amide bonds. The van der Waals surface area contributed by atoms with Gasteiger partial charge in [-0.2, -0.15) is 13.2 Å². The minimum Gasteiger partial charge on any atom is -0.316 e. The van der Waals surface area contributed by atoms with E-state index in [2.05, 4.69) is 15.3 Å². The second kappa shape index (κ2) is 8.56. The first kappa shape index (κ1) is 21.1. The molecule has 4 aromatic rings. The molecule has 0 fully saturated rings. The van der Waals surface area contributed by atoms with Gasteiger partial charge in [0.2, 0.25) is 5.91 Å². The Morgan fingerprint density at radius 1 is 1.03 bits per heavy atom. The number of hydrogen-bond acceptors (Lipinski definition) is 5. The van der Waals surface area contributed by atoms with Crippen LogP contribution in [-0.2, 0) is 17.4 Å². The van der Waals surface area contributed by atoms with Crippen LogP contribution in [0.2, 0.25) is 0 Å². The minimum absolute atomic E-state index is 0.0454. The molecule has 2 heterocycles. The summed E-state index contributed by atoms with van der Waals surface area (Å²) in [6.45, 7) is 0. The Bertz CT molecular complexity index is 1220. The molecule has 0 saturated heterocycles. The highest BCUT2D eigenvalue weighted by Crippen LogP contribution is 2.33. The summed E-state index contributed by atoms with van der Waals surface area (Å²) in [4.78, 5) is 21.0. The van der Waals surface area contributed by atoms with Crippen LogP contribution < -0.4 is 5.32 Å². The number of thiazole rings is 2. The number of nitrogens with one attached hydrogen (secondary N) is 1. The molecule has 10 heteroatoms.